The summed E-state index contributed by atoms with van der Waals surface area (Å²) in [6.45, 7) is 2.57. The summed E-state index contributed by atoms with van der Waals surface area (Å²) in [6.07, 6.45) is 5.99. The fourth-order valence-corrected chi connectivity index (χ4v) is 2.92. The SMILES string of the molecule is CN/C=C\C(=[N-])NC(=O)c1cc(Oc2cncc(C(=O)N3CCC3)c2)cc(O[C@@H](C)C[O-])c1. The number of amides is 2. The van der Waals surface area contributed by atoms with Crippen LogP contribution in [0.2, 0.25) is 0 Å². The van der Waals surface area contributed by atoms with Crippen LogP contribution in [0.15, 0.2) is 48.9 Å². The molecule has 0 unspecified atom stereocenters. The number of nitrogens with one attached hydrogen (secondary N) is 2. The Bertz CT molecular complexity index is 1050. The van der Waals surface area contributed by atoms with Crippen molar-refractivity contribution in [2.75, 3.05) is 26.7 Å². The molecule has 1 aromatic carbocycles. The Kier molecular flexibility index (Phi) is 7.98. The van der Waals surface area contributed by atoms with Crippen molar-refractivity contribution < 1.29 is 24.2 Å². The Morgan fingerprint density at radius 1 is 1.18 bits per heavy atom. The molecule has 0 bridgehead atoms. The van der Waals surface area contributed by atoms with Crippen LogP contribution in [0.1, 0.15) is 34.1 Å². The van der Waals surface area contributed by atoms with Crippen molar-refractivity contribution >= 4 is 17.6 Å². The minimum atomic E-state index is -0.631. The van der Waals surface area contributed by atoms with Crippen LogP contribution in [0.25, 0.3) is 5.41 Å². The maximum atomic E-state index is 12.6. The number of pyridine rings is 1. The lowest BCUT2D eigenvalue weighted by Gasteiger charge is -2.30. The number of carbonyl (C=O) groups excluding carboxylic acids is 2. The van der Waals surface area contributed by atoms with Crippen LogP contribution in [0.3, 0.4) is 0 Å². The molecule has 1 aromatic heterocycles. The maximum absolute atomic E-state index is 12.6. The van der Waals surface area contributed by atoms with Crippen LogP contribution in [0, 0.1) is 0 Å². The van der Waals surface area contributed by atoms with Crippen LogP contribution < -0.4 is 25.2 Å². The molecule has 1 fully saturated rings. The second-order valence-corrected chi connectivity index (χ2v) is 7.41. The minimum absolute atomic E-state index is 0.124. The van der Waals surface area contributed by atoms with Crippen LogP contribution in [-0.2, 0) is 0 Å². The molecule has 1 saturated heterocycles. The van der Waals surface area contributed by atoms with Crippen LogP contribution in [0.5, 0.6) is 17.2 Å². The van der Waals surface area contributed by atoms with E-state index in [0.29, 0.717) is 24.4 Å². The van der Waals surface area contributed by atoms with E-state index in [1.165, 1.54) is 42.9 Å². The maximum Gasteiger partial charge on any atom is 0.255 e. The molecule has 2 aromatic rings. The third-order valence-electron chi connectivity index (χ3n) is 4.70. The smallest absolute Gasteiger partial charge is 0.255 e. The molecule has 2 N–H and O–H groups in total. The molecular formula is C23H25N5O5-2. The highest BCUT2D eigenvalue weighted by molar-refractivity contribution is 6.11. The summed E-state index contributed by atoms with van der Waals surface area (Å²) in [5.74, 6) is -0.326. The van der Waals surface area contributed by atoms with Gasteiger partial charge in [-0.2, -0.15) is 0 Å². The topological polar surface area (TPSA) is 138 Å². The summed E-state index contributed by atoms with van der Waals surface area (Å²) in [7, 11) is 1.65. The molecule has 0 spiro atoms. The van der Waals surface area contributed by atoms with Gasteiger partial charge in [0.25, 0.3) is 5.91 Å². The molecule has 0 saturated carbocycles. The first-order valence-electron chi connectivity index (χ1n) is 10.4. The van der Waals surface area contributed by atoms with Gasteiger partial charge in [-0.3, -0.25) is 14.6 Å². The van der Waals surface area contributed by atoms with E-state index in [-0.39, 0.29) is 28.8 Å². The van der Waals surface area contributed by atoms with E-state index in [1.807, 2.05) is 0 Å². The van der Waals surface area contributed by atoms with Crippen molar-refractivity contribution in [3.63, 3.8) is 0 Å². The number of amidine groups is 1. The summed E-state index contributed by atoms with van der Waals surface area (Å²) in [4.78, 5) is 30.9. The lowest BCUT2D eigenvalue weighted by molar-refractivity contribution is -0.380. The number of rotatable bonds is 9. The average molecular weight is 451 g/mol. The van der Waals surface area contributed by atoms with Crippen LogP contribution in [0.4, 0.5) is 0 Å². The number of carbonyl (C=O) groups is 2. The molecule has 174 valence electrons. The Hall–Kier alpha value is -3.92. The molecule has 1 aliphatic rings. The van der Waals surface area contributed by atoms with Crippen molar-refractivity contribution in [2.24, 2.45) is 0 Å². The molecule has 1 aliphatic heterocycles. The van der Waals surface area contributed by atoms with E-state index >= 15 is 0 Å². The zero-order chi connectivity index (χ0) is 23.8. The van der Waals surface area contributed by atoms with Crippen LogP contribution >= 0.6 is 0 Å². The zero-order valence-electron chi connectivity index (χ0n) is 18.4. The zero-order valence-corrected chi connectivity index (χ0v) is 18.4. The van der Waals surface area contributed by atoms with Gasteiger partial charge in [0.1, 0.15) is 17.2 Å². The first-order valence-corrected chi connectivity index (χ1v) is 10.4. The number of likely N-dealkylation sites (tertiary alicyclic amines) is 1. The monoisotopic (exact) mass is 451 g/mol. The molecular weight excluding hydrogens is 426 g/mol. The molecule has 10 heteroatoms. The normalized spacial score (nSPS) is 13.7. The highest BCUT2D eigenvalue weighted by Gasteiger charge is 2.22. The lowest BCUT2D eigenvalue weighted by atomic mass is 10.1. The molecule has 0 aliphatic carbocycles. The van der Waals surface area contributed by atoms with Crippen molar-refractivity contribution in [3.05, 3.63) is 65.5 Å². The molecule has 2 amide bonds. The number of ether oxygens (including phenoxy) is 2. The molecule has 33 heavy (non-hydrogen) atoms. The van der Waals surface area contributed by atoms with Gasteiger partial charge in [0.05, 0.1) is 17.9 Å². The van der Waals surface area contributed by atoms with Crippen molar-refractivity contribution in [2.45, 2.75) is 19.4 Å². The Morgan fingerprint density at radius 3 is 2.58 bits per heavy atom. The quantitative estimate of drug-likeness (QED) is 0.433. The highest BCUT2D eigenvalue weighted by Crippen LogP contribution is 2.28. The number of nitrogens with zero attached hydrogens (tertiary/aromatic N) is 3. The molecule has 2 heterocycles. The van der Waals surface area contributed by atoms with Crippen molar-refractivity contribution in [1.29, 1.82) is 0 Å². The number of benzene rings is 1. The second kappa shape index (κ2) is 11.1. The Labute approximate surface area is 191 Å². The van der Waals surface area contributed by atoms with Gasteiger partial charge in [-0.1, -0.05) is 5.84 Å². The predicted octanol–water partition coefficient (Wildman–Crippen LogP) is 1.28. The Balaban J connectivity index is 1.84. The minimum Gasteiger partial charge on any atom is -0.852 e. The van der Waals surface area contributed by atoms with Crippen molar-refractivity contribution in [1.82, 2.24) is 20.5 Å². The van der Waals surface area contributed by atoms with E-state index in [9.17, 15) is 20.1 Å². The summed E-state index contributed by atoms with van der Waals surface area (Å²) < 4.78 is 11.4. The van der Waals surface area contributed by atoms with Gasteiger partial charge in [-0.25, -0.2) is 0 Å². The lowest BCUT2D eigenvalue weighted by Crippen LogP contribution is -2.42. The van der Waals surface area contributed by atoms with Gasteiger partial charge >= 0.3 is 0 Å². The molecule has 0 radical (unpaired) electrons. The summed E-state index contributed by atoms with van der Waals surface area (Å²) in [5, 5.41) is 26.0. The summed E-state index contributed by atoms with van der Waals surface area (Å²) in [6, 6.07) is 5.98. The largest absolute Gasteiger partial charge is 0.852 e. The van der Waals surface area contributed by atoms with E-state index in [1.54, 1.807) is 24.9 Å². The molecule has 3 rings (SSSR count). The molecule has 1 atom stereocenters. The fourth-order valence-electron chi connectivity index (χ4n) is 2.92. The molecule has 10 nitrogen and oxygen atoms in total. The summed E-state index contributed by atoms with van der Waals surface area (Å²) >= 11 is 0. The third-order valence-corrected chi connectivity index (χ3v) is 4.70. The predicted molar refractivity (Wildman–Crippen MR) is 120 cm³/mol. The third kappa shape index (κ3) is 6.53. The van der Waals surface area contributed by atoms with Crippen LogP contribution in [-0.4, -0.2) is 60.4 Å². The van der Waals surface area contributed by atoms with E-state index in [2.05, 4.69) is 15.6 Å². The van der Waals surface area contributed by atoms with Gasteiger partial charge in [0.15, 0.2) is 5.91 Å². The second-order valence-electron chi connectivity index (χ2n) is 7.41. The van der Waals surface area contributed by atoms with Crippen molar-refractivity contribution in [3.8, 4) is 17.2 Å². The number of hydrogen-bond donors (Lipinski definition) is 2. The van der Waals surface area contributed by atoms with E-state index in [0.717, 1.165) is 6.42 Å². The van der Waals surface area contributed by atoms with E-state index in [4.69, 9.17) is 9.47 Å². The van der Waals surface area contributed by atoms with Gasteiger partial charge in [-0.05, 0) is 43.8 Å². The van der Waals surface area contributed by atoms with Gasteiger partial charge in [0, 0.05) is 38.0 Å². The van der Waals surface area contributed by atoms with Gasteiger partial charge in [-0.15, -0.1) is 6.61 Å². The highest BCUT2D eigenvalue weighted by atomic mass is 16.5. The summed E-state index contributed by atoms with van der Waals surface area (Å²) in [5.41, 5.74) is 0.527. The first-order chi connectivity index (χ1) is 15.9. The fraction of sp³-hybridized carbons (Fsp3) is 0.304. The average Bonchev–Trinajstić information content (AvgIpc) is 2.76. The number of hydrogen-bond acceptors (Lipinski definition) is 7. The standard InChI is InChI=1S/C23H25N5O5/c1-15(14-29)32-18-8-16(22(30)27-21(24)4-5-25-2)9-19(11-18)33-20-10-17(12-26-13-20)23(31)28-6-3-7-28/h4-5,8-13,15H,3,6-7,14H2,1-2H3,(H2-,24,25,27,30)/q-2/t15-/m0/s1. The Morgan fingerprint density at radius 2 is 1.91 bits per heavy atom. The first kappa shape index (κ1) is 23.7. The van der Waals surface area contributed by atoms with E-state index < -0.39 is 18.6 Å². The van der Waals surface area contributed by atoms with Gasteiger partial charge in [0.2, 0.25) is 0 Å². The van der Waals surface area contributed by atoms with Gasteiger partial charge < -0.3 is 35.5 Å². The number of aromatic nitrogens is 1.